The molecule has 0 amide bonds. The van der Waals surface area contributed by atoms with Crippen molar-refractivity contribution in [1.29, 1.82) is 0 Å². The topological polar surface area (TPSA) is 49.4 Å². The van der Waals surface area contributed by atoms with Crippen molar-refractivity contribution in [1.82, 2.24) is 9.62 Å². The zero-order chi connectivity index (χ0) is 18.0. The minimum absolute atomic E-state index is 0.323. The van der Waals surface area contributed by atoms with Gasteiger partial charge in [0.25, 0.3) is 0 Å². The number of sulfonamides is 1. The maximum absolute atomic E-state index is 13.2. The molecule has 3 rings (SSSR count). The Bertz CT molecular complexity index is 850. The van der Waals surface area contributed by atoms with Gasteiger partial charge in [-0.05, 0) is 60.8 Å². The Morgan fingerprint density at radius 3 is 2.56 bits per heavy atom. The summed E-state index contributed by atoms with van der Waals surface area (Å²) in [5, 5.41) is 3.29. The lowest BCUT2D eigenvalue weighted by Gasteiger charge is -2.28. The number of hydrogen-bond acceptors (Lipinski definition) is 3. The third kappa shape index (κ3) is 3.61. The highest BCUT2D eigenvalue weighted by Crippen LogP contribution is 2.29. The van der Waals surface area contributed by atoms with Crippen LogP contribution in [0.3, 0.4) is 0 Å². The Balaban J connectivity index is 1.94. The highest BCUT2D eigenvalue weighted by atomic mass is 32.2. The molecule has 0 saturated carbocycles. The Morgan fingerprint density at radius 1 is 1.16 bits per heavy atom. The van der Waals surface area contributed by atoms with Crippen molar-refractivity contribution in [2.75, 3.05) is 13.1 Å². The van der Waals surface area contributed by atoms with Crippen LogP contribution in [0.1, 0.15) is 36.6 Å². The molecule has 0 saturated heterocycles. The molecule has 2 aromatic carbocycles. The van der Waals surface area contributed by atoms with Crippen LogP contribution in [-0.4, -0.2) is 25.8 Å². The Hall–Kier alpha value is -1.76. The lowest BCUT2D eigenvalue weighted by Crippen LogP contribution is -2.34. The standard InChI is InChI=1S/C19H23FN2O2S/c1-3-22(14(2)15-4-7-18(20)8-5-15)25(23,24)19-9-6-17-13-21-11-10-16(17)12-19/h4-9,12,14,21H,3,10-11,13H2,1-2H3. The molecule has 2 aromatic rings. The van der Waals surface area contributed by atoms with Crippen LogP contribution in [0.25, 0.3) is 0 Å². The molecule has 0 radical (unpaired) electrons. The normalized spacial score (nSPS) is 15.8. The smallest absolute Gasteiger partial charge is 0.243 e. The molecule has 6 heteroatoms. The number of nitrogens with zero attached hydrogens (tertiary/aromatic N) is 1. The molecule has 1 N–H and O–H groups in total. The summed E-state index contributed by atoms with van der Waals surface area (Å²) in [4.78, 5) is 0.323. The van der Waals surface area contributed by atoms with Gasteiger partial charge in [0.2, 0.25) is 10.0 Å². The van der Waals surface area contributed by atoms with Gasteiger partial charge >= 0.3 is 0 Å². The van der Waals surface area contributed by atoms with E-state index in [4.69, 9.17) is 0 Å². The highest BCUT2D eigenvalue weighted by molar-refractivity contribution is 7.89. The molecule has 1 atom stereocenters. The zero-order valence-electron chi connectivity index (χ0n) is 14.5. The van der Waals surface area contributed by atoms with Gasteiger partial charge in [-0.25, -0.2) is 12.8 Å². The first-order valence-corrected chi connectivity index (χ1v) is 9.97. The summed E-state index contributed by atoms with van der Waals surface area (Å²) in [6.07, 6.45) is 0.832. The Labute approximate surface area is 148 Å². The van der Waals surface area contributed by atoms with Gasteiger partial charge in [0.05, 0.1) is 4.90 Å². The van der Waals surface area contributed by atoms with Gasteiger partial charge in [0, 0.05) is 19.1 Å². The van der Waals surface area contributed by atoms with E-state index in [9.17, 15) is 12.8 Å². The fourth-order valence-electron chi connectivity index (χ4n) is 3.31. The molecule has 0 aromatic heterocycles. The number of nitrogens with one attached hydrogen (secondary N) is 1. The molecule has 0 fully saturated rings. The number of hydrogen-bond donors (Lipinski definition) is 1. The van der Waals surface area contributed by atoms with E-state index in [0.717, 1.165) is 36.2 Å². The monoisotopic (exact) mass is 362 g/mol. The Kier molecular flexibility index (Phi) is 5.22. The van der Waals surface area contributed by atoms with E-state index in [0.29, 0.717) is 11.4 Å². The fourth-order valence-corrected chi connectivity index (χ4v) is 4.99. The lowest BCUT2D eigenvalue weighted by atomic mass is 10.0. The van der Waals surface area contributed by atoms with Crippen LogP contribution in [0.4, 0.5) is 4.39 Å². The van der Waals surface area contributed by atoms with Crippen LogP contribution < -0.4 is 5.32 Å². The quantitative estimate of drug-likeness (QED) is 0.888. The first-order chi connectivity index (χ1) is 11.9. The number of benzene rings is 2. The van der Waals surface area contributed by atoms with Crippen molar-refractivity contribution in [2.45, 2.75) is 37.8 Å². The van der Waals surface area contributed by atoms with Gasteiger partial charge in [-0.1, -0.05) is 25.1 Å². The van der Waals surface area contributed by atoms with Gasteiger partial charge in [0.1, 0.15) is 5.82 Å². The summed E-state index contributed by atoms with van der Waals surface area (Å²) in [5.41, 5.74) is 3.01. The molecule has 1 unspecified atom stereocenters. The molecule has 0 aliphatic carbocycles. The largest absolute Gasteiger partial charge is 0.312 e. The van der Waals surface area contributed by atoms with Crippen molar-refractivity contribution in [2.24, 2.45) is 0 Å². The summed E-state index contributed by atoms with van der Waals surface area (Å²) in [7, 11) is -3.62. The molecular formula is C19H23FN2O2S. The minimum Gasteiger partial charge on any atom is -0.312 e. The number of halogens is 1. The van der Waals surface area contributed by atoms with Crippen LogP contribution in [-0.2, 0) is 23.0 Å². The van der Waals surface area contributed by atoms with Crippen LogP contribution in [0, 0.1) is 5.82 Å². The average molecular weight is 362 g/mol. The van der Waals surface area contributed by atoms with E-state index in [1.807, 2.05) is 19.9 Å². The Morgan fingerprint density at radius 2 is 1.88 bits per heavy atom. The molecule has 1 aliphatic rings. The molecule has 1 heterocycles. The summed E-state index contributed by atoms with van der Waals surface area (Å²) in [6, 6.07) is 11.0. The maximum Gasteiger partial charge on any atom is 0.243 e. The third-order valence-electron chi connectivity index (χ3n) is 4.77. The summed E-state index contributed by atoms with van der Waals surface area (Å²) in [5.74, 6) is -0.329. The number of rotatable bonds is 5. The van der Waals surface area contributed by atoms with Gasteiger partial charge in [-0.2, -0.15) is 4.31 Å². The molecule has 25 heavy (non-hydrogen) atoms. The van der Waals surface area contributed by atoms with E-state index in [-0.39, 0.29) is 11.9 Å². The van der Waals surface area contributed by atoms with E-state index in [2.05, 4.69) is 5.32 Å². The van der Waals surface area contributed by atoms with Crippen LogP contribution in [0.2, 0.25) is 0 Å². The van der Waals surface area contributed by atoms with Gasteiger partial charge in [-0.3, -0.25) is 0 Å². The van der Waals surface area contributed by atoms with Crippen molar-refractivity contribution < 1.29 is 12.8 Å². The zero-order valence-corrected chi connectivity index (χ0v) is 15.3. The second-order valence-corrected chi connectivity index (χ2v) is 8.18. The van der Waals surface area contributed by atoms with Crippen molar-refractivity contribution >= 4 is 10.0 Å². The van der Waals surface area contributed by atoms with Crippen molar-refractivity contribution in [3.8, 4) is 0 Å². The van der Waals surface area contributed by atoms with Crippen LogP contribution in [0.15, 0.2) is 47.4 Å². The van der Waals surface area contributed by atoms with E-state index >= 15 is 0 Å². The molecular weight excluding hydrogens is 339 g/mol. The van der Waals surface area contributed by atoms with Gasteiger partial charge < -0.3 is 5.32 Å². The van der Waals surface area contributed by atoms with E-state index < -0.39 is 10.0 Å². The van der Waals surface area contributed by atoms with Gasteiger partial charge in [0.15, 0.2) is 0 Å². The number of fused-ring (bicyclic) bond motifs is 1. The molecule has 0 bridgehead atoms. The minimum atomic E-state index is -3.62. The van der Waals surface area contributed by atoms with Crippen LogP contribution in [0.5, 0.6) is 0 Å². The van der Waals surface area contributed by atoms with Crippen molar-refractivity contribution in [3.05, 3.63) is 65.0 Å². The fraction of sp³-hybridized carbons (Fsp3) is 0.368. The third-order valence-corrected chi connectivity index (χ3v) is 6.81. The lowest BCUT2D eigenvalue weighted by molar-refractivity contribution is 0.357. The molecule has 0 spiro atoms. The van der Waals surface area contributed by atoms with Gasteiger partial charge in [-0.15, -0.1) is 0 Å². The first-order valence-electron chi connectivity index (χ1n) is 8.53. The SMILES string of the molecule is CCN(C(C)c1ccc(F)cc1)S(=O)(=O)c1ccc2c(c1)CCNC2. The predicted octanol–water partition coefficient (Wildman–Crippen LogP) is 3.24. The van der Waals surface area contributed by atoms with E-state index in [1.165, 1.54) is 16.4 Å². The summed E-state index contributed by atoms with van der Waals surface area (Å²) in [6.45, 7) is 5.63. The van der Waals surface area contributed by atoms with Crippen LogP contribution >= 0.6 is 0 Å². The first kappa shape index (κ1) is 18.0. The van der Waals surface area contributed by atoms with Crippen molar-refractivity contribution in [3.63, 3.8) is 0 Å². The highest BCUT2D eigenvalue weighted by Gasteiger charge is 2.29. The molecule has 1 aliphatic heterocycles. The second kappa shape index (κ2) is 7.23. The maximum atomic E-state index is 13.2. The molecule has 4 nitrogen and oxygen atoms in total. The molecule has 134 valence electrons. The average Bonchev–Trinajstić information content (AvgIpc) is 2.62. The predicted molar refractivity (Wildman–Crippen MR) is 96.2 cm³/mol. The van der Waals surface area contributed by atoms with E-state index in [1.54, 1.807) is 24.3 Å². The second-order valence-electron chi connectivity index (χ2n) is 6.29. The summed E-state index contributed by atoms with van der Waals surface area (Å²) >= 11 is 0. The summed E-state index contributed by atoms with van der Waals surface area (Å²) < 4.78 is 41.0.